The van der Waals surface area contributed by atoms with Crippen molar-refractivity contribution in [2.24, 2.45) is 29.6 Å². The van der Waals surface area contributed by atoms with Crippen LogP contribution in [0.25, 0.3) is 0 Å². The lowest BCUT2D eigenvalue weighted by Crippen LogP contribution is -2.38. The Labute approximate surface area is 127 Å². The van der Waals surface area contributed by atoms with E-state index in [-0.39, 0.29) is 18.4 Å². The summed E-state index contributed by atoms with van der Waals surface area (Å²) in [6.45, 7) is 2.40. The van der Waals surface area contributed by atoms with E-state index in [1.165, 1.54) is 0 Å². The van der Waals surface area contributed by atoms with Crippen molar-refractivity contribution in [2.75, 3.05) is 6.61 Å². The molecule has 6 unspecified atom stereocenters. The second-order valence-corrected chi connectivity index (χ2v) is 7.19. The summed E-state index contributed by atoms with van der Waals surface area (Å²) < 4.78 is 0. The van der Waals surface area contributed by atoms with Crippen molar-refractivity contribution in [1.82, 2.24) is 0 Å². The van der Waals surface area contributed by atoms with Crippen molar-refractivity contribution in [3.8, 4) is 0 Å². The van der Waals surface area contributed by atoms with Crippen LogP contribution < -0.4 is 0 Å². The highest BCUT2D eigenvalue weighted by molar-refractivity contribution is 5.70. The summed E-state index contributed by atoms with van der Waals surface area (Å²) in [4.78, 5) is 11.4. The normalized spacial score (nSPS) is 38.9. The highest BCUT2D eigenvalue weighted by Crippen LogP contribution is 2.40. The maximum absolute atomic E-state index is 11.4. The third kappa shape index (κ3) is 3.98. The Balaban J connectivity index is 1.95. The molecule has 2 fully saturated rings. The molecule has 0 radical (unpaired) electrons. The fourth-order valence-corrected chi connectivity index (χ4v) is 4.55. The first kappa shape index (κ1) is 16.8. The van der Waals surface area contributed by atoms with Gasteiger partial charge >= 0.3 is 5.97 Å². The molecule has 21 heavy (non-hydrogen) atoms. The third-order valence-electron chi connectivity index (χ3n) is 6.05. The third-order valence-corrected chi connectivity index (χ3v) is 6.05. The molecule has 2 rings (SSSR count). The smallest absolute Gasteiger partial charge is 0.306 e. The van der Waals surface area contributed by atoms with Crippen LogP contribution in [0.1, 0.15) is 58.3 Å². The Hall–Kier alpha value is -0.610. The summed E-state index contributed by atoms with van der Waals surface area (Å²) in [6.07, 6.45) is 7.02. The fourth-order valence-electron chi connectivity index (χ4n) is 4.55. The summed E-state index contributed by atoms with van der Waals surface area (Å²) in [7, 11) is 0. The molecule has 0 aromatic carbocycles. The van der Waals surface area contributed by atoms with E-state index in [1.54, 1.807) is 0 Å². The van der Waals surface area contributed by atoms with Crippen molar-refractivity contribution in [3.63, 3.8) is 0 Å². The van der Waals surface area contributed by atoms with Gasteiger partial charge in [0.15, 0.2) is 0 Å². The Bertz CT molecular complexity index is 344. The molecule has 0 spiro atoms. The van der Waals surface area contributed by atoms with Crippen LogP contribution in [0.3, 0.4) is 0 Å². The number of aliphatic carboxylic acids is 1. The van der Waals surface area contributed by atoms with Crippen LogP contribution in [0.15, 0.2) is 0 Å². The van der Waals surface area contributed by atoms with Crippen molar-refractivity contribution >= 4 is 5.97 Å². The van der Waals surface area contributed by atoms with Crippen LogP contribution in [0.5, 0.6) is 0 Å². The van der Waals surface area contributed by atoms with E-state index >= 15 is 0 Å². The average Bonchev–Trinajstić information content (AvgIpc) is 2.49. The largest absolute Gasteiger partial charge is 0.481 e. The minimum Gasteiger partial charge on any atom is -0.481 e. The van der Waals surface area contributed by atoms with Crippen LogP contribution in [-0.2, 0) is 4.79 Å². The summed E-state index contributed by atoms with van der Waals surface area (Å²) in [5, 5.41) is 29.4. The number of rotatable bonds is 5. The topological polar surface area (TPSA) is 77.8 Å². The molecule has 0 heterocycles. The van der Waals surface area contributed by atoms with E-state index in [0.29, 0.717) is 30.6 Å². The zero-order chi connectivity index (χ0) is 15.4. The highest BCUT2D eigenvalue weighted by atomic mass is 16.4. The molecule has 2 aliphatic rings. The van der Waals surface area contributed by atoms with Crippen molar-refractivity contribution in [2.45, 2.75) is 64.4 Å². The molecule has 0 amide bonds. The van der Waals surface area contributed by atoms with Gasteiger partial charge in [0.05, 0.1) is 12.0 Å². The molecule has 0 bridgehead atoms. The van der Waals surface area contributed by atoms with Gasteiger partial charge < -0.3 is 15.3 Å². The first-order valence-corrected chi connectivity index (χ1v) is 8.56. The van der Waals surface area contributed by atoms with Gasteiger partial charge in [-0.2, -0.15) is 0 Å². The summed E-state index contributed by atoms with van der Waals surface area (Å²) in [6, 6.07) is 0. The van der Waals surface area contributed by atoms with Crippen LogP contribution in [0.2, 0.25) is 0 Å². The molecule has 0 aromatic heterocycles. The molecule has 2 saturated carbocycles. The molecular weight excluding hydrogens is 268 g/mol. The molecular formula is C17H30O4. The predicted molar refractivity (Wildman–Crippen MR) is 80.8 cm³/mol. The van der Waals surface area contributed by atoms with Gasteiger partial charge in [-0.1, -0.05) is 32.6 Å². The van der Waals surface area contributed by atoms with Crippen LogP contribution in [0, 0.1) is 29.6 Å². The lowest BCUT2D eigenvalue weighted by Gasteiger charge is -2.39. The first-order valence-electron chi connectivity index (χ1n) is 8.56. The van der Waals surface area contributed by atoms with Crippen molar-refractivity contribution in [3.05, 3.63) is 0 Å². The Kier molecular flexibility index (Phi) is 6.06. The van der Waals surface area contributed by atoms with Gasteiger partial charge in [0.1, 0.15) is 0 Å². The Morgan fingerprint density at radius 2 is 1.76 bits per heavy atom. The average molecular weight is 298 g/mol. The summed E-state index contributed by atoms with van der Waals surface area (Å²) in [5.74, 6) is -0.0203. The van der Waals surface area contributed by atoms with Crippen LogP contribution in [-0.4, -0.2) is 34.0 Å². The van der Waals surface area contributed by atoms with Gasteiger partial charge in [-0.15, -0.1) is 0 Å². The lowest BCUT2D eigenvalue weighted by atomic mass is 9.68. The number of aliphatic hydroxyl groups excluding tert-OH is 2. The molecule has 3 N–H and O–H groups in total. The number of carboxylic acids is 1. The molecule has 0 aliphatic heterocycles. The maximum atomic E-state index is 11.4. The zero-order valence-electron chi connectivity index (χ0n) is 13.1. The van der Waals surface area contributed by atoms with Gasteiger partial charge in [0.25, 0.3) is 0 Å². The maximum Gasteiger partial charge on any atom is 0.306 e. The molecule has 0 aromatic rings. The first-order chi connectivity index (χ1) is 10.0. The van der Waals surface area contributed by atoms with Gasteiger partial charge in [-0.25, -0.2) is 0 Å². The van der Waals surface area contributed by atoms with Gasteiger partial charge in [0.2, 0.25) is 0 Å². The van der Waals surface area contributed by atoms with Crippen LogP contribution in [0.4, 0.5) is 0 Å². The number of carbonyl (C=O) groups is 1. The standard InChI is InChI=1S/C17H30O4/c1-11-12(5-4-6-13(11)10-18)9-16(19)14-7-2-3-8-15(14)17(20)21/h11-16,18-19H,2-10H2,1H3,(H,20,21). The molecule has 2 aliphatic carbocycles. The fraction of sp³-hybridized carbons (Fsp3) is 0.941. The lowest BCUT2D eigenvalue weighted by molar-refractivity contribution is -0.147. The van der Waals surface area contributed by atoms with Gasteiger partial charge in [-0.3, -0.25) is 4.79 Å². The Morgan fingerprint density at radius 3 is 2.43 bits per heavy atom. The number of hydrogen-bond acceptors (Lipinski definition) is 3. The van der Waals surface area contributed by atoms with E-state index in [9.17, 15) is 20.1 Å². The minimum absolute atomic E-state index is 0.0852. The van der Waals surface area contributed by atoms with E-state index < -0.39 is 12.1 Å². The SMILES string of the molecule is CC1C(CO)CCCC1CC(O)C1CCCCC1C(=O)O. The summed E-state index contributed by atoms with van der Waals surface area (Å²) in [5.41, 5.74) is 0. The van der Waals surface area contributed by atoms with Crippen molar-refractivity contribution < 1.29 is 20.1 Å². The van der Waals surface area contributed by atoms with Gasteiger partial charge in [0, 0.05) is 6.61 Å². The molecule has 6 atom stereocenters. The molecule has 4 heteroatoms. The van der Waals surface area contributed by atoms with Crippen LogP contribution >= 0.6 is 0 Å². The minimum atomic E-state index is -0.747. The van der Waals surface area contributed by atoms with E-state index in [0.717, 1.165) is 38.5 Å². The van der Waals surface area contributed by atoms with E-state index in [4.69, 9.17) is 0 Å². The highest BCUT2D eigenvalue weighted by Gasteiger charge is 2.38. The second-order valence-electron chi connectivity index (χ2n) is 7.19. The Morgan fingerprint density at radius 1 is 1.10 bits per heavy atom. The van der Waals surface area contributed by atoms with Gasteiger partial charge in [-0.05, 0) is 49.4 Å². The number of aliphatic hydroxyl groups is 2. The monoisotopic (exact) mass is 298 g/mol. The summed E-state index contributed by atoms with van der Waals surface area (Å²) >= 11 is 0. The van der Waals surface area contributed by atoms with E-state index in [1.807, 2.05) is 0 Å². The number of carboxylic acid groups (broad SMARTS) is 1. The number of hydrogen-bond donors (Lipinski definition) is 3. The molecule has 4 nitrogen and oxygen atoms in total. The second kappa shape index (κ2) is 7.59. The van der Waals surface area contributed by atoms with Crippen molar-refractivity contribution in [1.29, 1.82) is 0 Å². The van der Waals surface area contributed by atoms with E-state index in [2.05, 4.69) is 6.92 Å². The molecule has 0 saturated heterocycles. The molecule has 122 valence electrons. The predicted octanol–water partition coefficient (Wildman–Crippen LogP) is 2.67. The zero-order valence-corrected chi connectivity index (χ0v) is 13.1. The quantitative estimate of drug-likeness (QED) is 0.729.